The number of rotatable bonds is 9. The Labute approximate surface area is 326 Å². The van der Waals surface area contributed by atoms with Crippen molar-refractivity contribution in [1.82, 2.24) is 19.7 Å². The number of benzene rings is 2. The Morgan fingerprint density at radius 1 is 1.02 bits per heavy atom. The fourth-order valence-electron chi connectivity index (χ4n) is 10.4. The van der Waals surface area contributed by atoms with Crippen LogP contribution in [0.1, 0.15) is 101 Å². The van der Waals surface area contributed by atoms with Crippen molar-refractivity contribution < 1.29 is 24.2 Å². The fraction of sp³-hybridized carbons (Fsp3) is 0.556. The molecule has 2 unspecified atom stereocenters. The number of pyridine rings is 1. The number of carbonyl (C=O) groups is 3. The Hall–Kier alpha value is -4.62. The third-order valence-electron chi connectivity index (χ3n) is 13.7. The van der Waals surface area contributed by atoms with Crippen LogP contribution < -0.4 is 9.64 Å². The summed E-state index contributed by atoms with van der Waals surface area (Å²) in [5.74, 6) is 4.15. The van der Waals surface area contributed by atoms with E-state index in [-0.39, 0.29) is 23.3 Å². The molecule has 2 heterocycles. The second kappa shape index (κ2) is 15.5. The molecule has 2 saturated carbocycles. The Morgan fingerprint density at radius 2 is 1.76 bits per heavy atom. The first-order chi connectivity index (χ1) is 26.5. The van der Waals surface area contributed by atoms with Gasteiger partial charge < -0.3 is 29.4 Å². The monoisotopic (exact) mass is 747 g/mol. The average Bonchev–Trinajstić information content (AvgIpc) is 3.49. The number of anilines is 1. The van der Waals surface area contributed by atoms with Crippen molar-refractivity contribution in [3.8, 4) is 18.1 Å². The van der Waals surface area contributed by atoms with E-state index >= 15 is 0 Å². The summed E-state index contributed by atoms with van der Waals surface area (Å²) in [5.41, 5.74) is 3.16. The quantitative estimate of drug-likeness (QED) is 0.238. The molecule has 3 amide bonds. The van der Waals surface area contributed by atoms with Crippen LogP contribution in [0.3, 0.4) is 0 Å². The number of fused-ring (bicyclic) bond motifs is 6. The molecule has 1 aliphatic heterocycles. The molecule has 0 bridgehead atoms. The SMILES string of the molecule is C#C[C@]1(O)CCC2[C@@H]3CCc4cc(OC(=O)N(CC)CC)c(N5CCN(C(=O)[C@H](C)N(CCC)C(=O)c6ccc7ccccc7n6)CC5)cc4C3CC[C@@]21C. The fourth-order valence-corrected chi connectivity index (χ4v) is 10.4. The molecule has 10 nitrogen and oxygen atoms in total. The van der Waals surface area contributed by atoms with E-state index in [2.05, 4.69) is 34.9 Å². The first kappa shape index (κ1) is 38.6. The van der Waals surface area contributed by atoms with E-state index in [0.717, 1.165) is 48.7 Å². The van der Waals surface area contributed by atoms with Crippen LogP contribution in [0.2, 0.25) is 0 Å². The zero-order valence-corrected chi connectivity index (χ0v) is 33.2. The molecule has 3 aromatic rings. The lowest BCUT2D eigenvalue weighted by atomic mass is 9.53. The van der Waals surface area contributed by atoms with Gasteiger partial charge in [-0.15, -0.1) is 6.42 Å². The number of carbonyl (C=O) groups excluding carboxylic acids is 3. The topological polar surface area (TPSA) is 107 Å². The number of hydrogen-bond acceptors (Lipinski definition) is 7. The largest absolute Gasteiger partial charge is 0.415 e. The molecule has 1 saturated heterocycles. The number of aliphatic hydroxyl groups is 1. The lowest BCUT2D eigenvalue weighted by molar-refractivity contribution is -0.135. The maximum atomic E-state index is 14.1. The van der Waals surface area contributed by atoms with Gasteiger partial charge in [-0.05, 0) is 119 Å². The summed E-state index contributed by atoms with van der Waals surface area (Å²) < 4.78 is 6.20. The van der Waals surface area contributed by atoms with Gasteiger partial charge in [0.05, 0.1) is 11.2 Å². The van der Waals surface area contributed by atoms with Gasteiger partial charge in [0.2, 0.25) is 5.91 Å². The smallest absolute Gasteiger partial charge is 0.408 e. The van der Waals surface area contributed by atoms with E-state index in [0.29, 0.717) is 87.9 Å². The lowest BCUT2D eigenvalue weighted by Crippen LogP contribution is -2.55. The van der Waals surface area contributed by atoms with Crippen LogP contribution in [0.4, 0.5) is 10.5 Å². The number of amides is 3. The molecule has 3 fully saturated rings. The summed E-state index contributed by atoms with van der Waals surface area (Å²) in [6.07, 6.45) is 11.6. The van der Waals surface area contributed by atoms with Crippen molar-refractivity contribution in [2.24, 2.45) is 17.3 Å². The second-order valence-corrected chi connectivity index (χ2v) is 16.3. The first-order valence-electron chi connectivity index (χ1n) is 20.5. The van der Waals surface area contributed by atoms with Crippen LogP contribution in [0.15, 0.2) is 48.5 Å². The van der Waals surface area contributed by atoms with Gasteiger partial charge >= 0.3 is 6.09 Å². The molecule has 10 heteroatoms. The highest BCUT2D eigenvalue weighted by atomic mass is 16.6. The van der Waals surface area contributed by atoms with Crippen molar-refractivity contribution in [1.29, 1.82) is 0 Å². The minimum absolute atomic E-state index is 0.0857. The van der Waals surface area contributed by atoms with Crippen LogP contribution >= 0.6 is 0 Å². The van der Waals surface area contributed by atoms with Gasteiger partial charge in [-0.3, -0.25) is 9.59 Å². The average molecular weight is 748 g/mol. The molecule has 7 rings (SSSR count). The lowest BCUT2D eigenvalue weighted by Gasteiger charge is -2.52. The number of hydrogen-bond donors (Lipinski definition) is 1. The number of ether oxygens (including phenoxy) is 1. The van der Waals surface area contributed by atoms with Gasteiger partial charge in [-0.25, -0.2) is 9.78 Å². The van der Waals surface area contributed by atoms with Crippen LogP contribution in [0.25, 0.3) is 10.9 Å². The zero-order valence-electron chi connectivity index (χ0n) is 33.2. The van der Waals surface area contributed by atoms with Crippen LogP contribution in [-0.2, 0) is 11.2 Å². The van der Waals surface area contributed by atoms with Gasteiger partial charge in [0.25, 0.3) is 5.91 Å². The van der Waals surface area contributed by atoms with E-state index in [9.17, 15) is 19.5 Å². The number of piperazine rings is 1. The number of aryl methyl sites for hydroxylation is 1. The van der Waals surface area contributed by atoms with Crippen molar-refractivity contribution in [2.75, 3.05) is 50.7 Å². The summed E-state index contributed by atoms with van der Waals surface area (Å²) in [6.45, 7) is 13.5. The van der Waals surface area contributed by atoms with Gasteiger partial charge in [-0.2, -0.15) is 0 Å². The molecule has 55 heavy (non-hydrogen) atoms. The van der Waals surface area contributed by atoms with Gasteiger partial charge in [-0.1, -0.05) is 44.0 Å². The Bertz CT molecular complexity index is 1980. The highest BCUT2D eigenvalue weighted by Gasteiger charge is 2.61. The van der Waals surface area contributed by atoms with Gasteiger partial charge in [0.15, 0.2) is 5.75 Å². The molecular formula is C45H57N5O5. The van der Waals surface area contributed by atoms with Crippen molar-refractivity contribution in [3.05, 3.63) is 65.4 Å². The Kier molecular flexibility index (Phi) is 10.9. The predicted molar refractivity (Wildman–Crippen MR) is 215 cm³/mol. The molecule has 292 valence electrons. The third kappa shape index (κ3) is 6.83. The molecule has 2 aromatic carbocycles. The zero-order chi connectivity index (χ0) is 39.1. The maximum absolute atomic E-state index is 14.1. The molecule has 1 N–H and O–H groups in total. The van der Waals surface area contributed by atoms with Crippen molar-refractivity contribution in [2.45, 2.75) is 97.1 Å². The molecule has 3 aliphatic carbocycles. The highest BCUT2D eigenvalue weighted by molar-refractivity contribution is 5.98. The minimum atomic E-state index is -1.06. The van der Waals surface area contributed by atoms with Gasteiger partial charge in [0, 0.05) is 56.6 Å². The molecule has 1 aromatic heterocycles. The molecule has 0 spiro atoms. The second-order valence-electron chi connectivity index (χ2n) is 16.3. The Morgan fingerprint density at radius 3 is 2.47 bits per heavy atom. The van der Waals surface area contributed by atoms with E-state index in [1.54, 1.807) is 15.9 Å². The number of para-hydroxylation sites is 1. The summed E-state index contributed by atoms with van der Waals surface area (Å²) in [5, 5.41) is 12.4. The highest BCUT2D eigenvalue weighted by Crippen LogP contribution is 2.64. The van der Waals surface area contributed by atoms with Crippen molar-refractivity contribution in [3.63, 3.8) is 0 Å². The molecular weight excluding hydrogens is 691 g/mol. The van der Waals surface area contributed by atoms with Crippen LogP contribution in [0.5, 0.6) is 5.75 Å². The van der Waals surface area contributed by atoms with E-state index in [1.807, 2.05) is 62.9 Å². The third-order valence-corrected chi connectivity index (χ3v) is 13.7. The van der Waals surface area contributed by atoms with Crippen LogP contribution in [-0.4, -0.2) is 100 Å². The van der Waals surface area contributed by atoms with Crippen LogP contribution in [0, 0.1) is 29.6 Å². The summed E-state index contributed by atoms with van der Waals surface area (Å²) in [6, 6.07) is 15.0. The molecule has 0 radical (unpaired) electrons. The maximum Gasteiger partial charge on any atom is 0.415 e. The van der Waals surface area contributed by atoms with Gasteiger partial charge in [0.1, 0.15) is 17.3 Å². The van der Waals surface area contributed by atoms with E-state index in [4.69, 9.17) is 11.2 Å². The number of nitrogens with zero attached hydrogens (tertiary/aromatic N) is 5. The minimum Gasteiger partial charge on any atom is -0.408 e. The first-order valence-corrected chi connectivity index (χ1v) is 20.5. The number of terminal acetylenes is 1. The van der Waals surface area contributed by atoms with E-state index in [1.165, 1.54) is 11.1 Å². The Balaban J connectivity index is 1.11. The van der Waals surface area contributed by atoms with Crippen molar-refractivity contribution >= 4 is 34.5 Å². The normalized spacial score (nSPS) is 26.3. The molecule has 4 aliphatic rings. The predicted octanol–water partition coefficient (Wildman–Crippen LogP) is 6.89. The summed E-state index contributed by atoms with van der Waals surface area (Å²) in [4.78, 5) is 53.3. The molecule has 6 atom stereocenters. The standard InChI is InChI=1S/C45H57N5O5/c1-7-23-50(42(52)38-18-16-31-13-11-12-14-37(31)46-38)30(5)41(51)49-26-24-48(25-27-49)39-29-35-32(28-40(39)55-43(53)47(9-3)10-4)15-17-34-33(35)19-21-44(6)36(34)20-22-45(44,54)8-2/h2,11-14,16,18,28-30,33-34,36,54H,7,9-10,15,17,19-27H2,1,3-6H3/t30-,33?,34+,36?,44-,45-/m0/s1. The van der Waals surface area contributed by atoms with E-state index < -0.39 is 11.6 Å². The number of aromatic nitrogens is 1. The summed E-state index contributed by atoms with van der Waals surface area (Å²) in [7, 11) is 0. The summed E-state index contributed by atoms with van der Waals surface area (Å²) >= 11 is 0.